The number of hydrogen-bond acceptors (Lipinski definition) is 6. The van der Waals surface area contributed by atoms with Gasteiger partial charge in [-0.3, -0.25) is 14.5 Å². The van der Waals surface area contributed by atoms with E-state index in [0.717, 1.165) is 24.0 Å². The molecule has 1 atom stereocenters. The Morgan fingerprint density at radius 2 is 1.81 bits per heavy atom. The van der Waals surface area contributed by atoms with E-state index in [1.165, 1.54) is 16.2 Å². The number of nitrogens with zero attached hydrogens (tertiary/aromatic N) is 2. The summed E-state index contributed by atoms with van der Waals surface area (Å²) in [5, 5.41) is 12.1. The highest BCUT2D eigenvalue weighted by Gasteiger charge is 2.48. The molecule has 37 heavy (non-hydrogen) atoms. The van der Waals surface area contributed by atoms with E-state index in [1.54, 1.807) is 42.5 Å². The van der Waals surface area contributed by atoms with Crippen molar-refractivity contribution in [2.24, 2.45) is 0 Å². The van der Waals surface area contributed by atoms with Crippen molar-refractivity contribution in [3.8, 4) is 5.75 Å². The predicted molar refractivity (Wildman–Crippen MR) is 147 cm³/mol. The molecule has 1 N–H and O–H groups in total. The molecule has 1 amide bonds. The van der Waals surface area contributed by atoms with E-state index in [-0.39, 0.29) is 11.3 Å². The number of thiazole rings is 1. The number of Topliss-reactive ketones (excluding diaryl/α,β-unsaturated/α-hetero) is 1. The smallest absolute Gasteiger partial charge is 0.301 e. The maximum absolute atomic E-state index is 13.4. The van der Waals surface area contributed by atoms with Crippen LogP contribution in [0.4, 0.5) is 5.13 Å². The van der Waals surface area contributed by atoms with Crippen molar-refractivity contribution in [3.63, 3.8) is 0 Å². The second kappa shape index (κ2) is 10.7. The van der Waals surface area contributed by atoms with Crippen LogP contribution in [-0.4, -0.2) is 28.4 Å². The van der Waals surface area contributed by atoms with Gasteiger partial charge in [0.15, 0.2) is 5.13 Å². The molecule has 1 fully saturated rings. The fourth-order valence-electron chi connectivity index (χ4n) is 4.37. The van der Waals surface area contributed by atoms with Gasteiger partial charge in [-0.15, -0.1) is 0 Å². The van der Waals surface area contributed by atoms with E-state index in [0.29, 0.717) is 39.2 Å². The number of unbranched alkanes of at least 4 members (excludes halogenated alkanes) is 2. The number of hydrogen-bond donors (Lipinski definition) is 1. The number of rotatable bonds is 8. The summed E-state index contributed by atoms with van der Waals surface area (Å²) < 4.78 is 6.64. The highest BCUT2D eigenvalue weighted by atomic mass is 35.5. The fraction of sp³-hybridized carbons (Fsp3) is 0.207. The third-order valence-corrected chi connectivity index (χ3v) is 7.50. The first kappa shape index (κ1) is 25.0. The molecule has 6 nitrogen and oxygen atoms in total. The summed E-state index contributed by atoms with van der Waals surface area (Å²) in [4.78, 5) is 32.7. The van der Waals surface area contributed by atoms with Crippen molar-refractivity contribution in [2.45, 2.75) is 32.2 Å². The summed E-state index contributed by atoms with van der Waals surface area (Å²) in [6, 6.07) is 20.5. The van der Waals surface area contributed by atoms with E-state index in [2.05, 4.69) is 11.9 Å². The number of aliphatic hydroxyl groups is 1. The fourth-order valence-corrected chi connectivity index (χ4v) is 5.64. The van der Waals surface area contributed by atoms with Crippen LogP contribution in [0.15, 0.2) is 78.4 Å². The summed E-state index contributed by atoms with van der Waals surface area (Å²) in [6.07, 6.45) is 3.18. The van der Waals surface area contributed by atoms with Crippen LogP contribution in [0, 0.1) is 0 Å². The number of carbonyl (C=O) groups excluding carboxylic acids is 2. The number of fused-ring (bicyclic) bond motifs is 1. The van der Waals surface area contributed by atoms with Crippen LogP contribution >= 0.6 is 22.9 Å². The van der Waals surface area contributed by atoms with Gasteiger partial charge >= 0.3 is 5.91 Å². The zero-order valence-corrected chi connectivity index (χ0v) is 21.8. The van der Waals surface area contributed by atoms with Crippen LogP contribution in [0.2, 0.25) is 5.02 Å². The van der Waals surface area contributed by atoms with Crippen molar-refractivity contribution in [1.82, 2.24) is 4.98 Å². The van der Waals surface area contributed by atoms with Crippen molar-refractivity contribution in [2.75, 3.05) is 11.5 Å². The summed E-state index contributed by atoms with van der Waals surface area (Å²) in [5.74, 6) is -1.03. The minimum Gasteiger partial charge on any atom is -0.507 e. The van der Waals surface area contributed by atoms with Gasteiger partial charge in [0.2, 0.25) is 0 Å². The van der Waals surface area contributed by atoms with Crippen molar-refractivity contribution in [3.05, 3.63) is 94.5 Å². The van der Waals surface area contributed by atoms with Crippen LogP contribution in [-0.2, 0) is 9.59 Å². The minimum absolute atomic E-state index is 0.0186. The maximum Gasteiger partial charge on any atom is 0.301 e. The molecule has 0 bridgehead atoms. The summed E-state index contributed by atoms with van der Waals surface area (Å²) >= 11 is 7.43. The van der Waals surface area contributed by atoms with Crippen LogP contribution in [0.3, 0.4) is 0 Å². The van der Waals surface area contributed by atoms with Gasteiger partial charge in [0.25, 0.3) is 5.78 Å². The Bertz CT molecular complexity index is 1480. The number of benzene rings is 3. The van der Waals surface area contributed by atoms with E-state index >= 15 is 0 Å². The van der Waals surface area contributed by atoms with Crippen LogP contribution in [0.25, 0.3) is 16.0 Å². The van der Waals surface area contributed by atoms with E-state index in [1.807, 2.05) is 30.3 Å². The highest BCUT2D eigenvalue weighted by molar-refractivity contribution is 7.22. The lowest BCUT2D eigenvalue weighted by Gasteiger charge is -2.23. The number of aromatic nitrogens is 1. The first-order chi connectivity index (χ1) is 18.0. The average Bonchev–Trinajstić information content (AvgIpc) is 3.44. The molecule has 188 valence electrons. The lowest BCUT2D eigenvalue weighted by molar-refractivity contribution is -0.132. The zero-order valence-electron chi connectivity index (χ0n) is 20.2. The second-order valence-electron chi connectivity index (χ2n) is 8.77. The van der Waals surface area contributed by atoms with Crippen LogP contribution in [0.5, 0.6) is 5.75 Å². The van der Waals surface area contributed by atoms with Gasteiger partial charge < -0.3 is 9.84 Å². The molecule has 1 unspecified atom stereocenters. The Labute approximate surface area is 223 Å². The number of ether oxygens (including phenoxy) is 1. The third kappa shape index (κ3) is 4.97. The molecular formula is C29H25ClN2O4S. The first-order valence-electron chi connectivity index (χ1n) is 12.1. The van der Waals surface area contributed by atoms with Gasteiger partial charge in [-0.2, -0.15) is 0 Å². The lowest BCUT2D eigenvalue weighted by Crippen LogP contribution is -2.29. The molecule has 2 heterocycles. The third-order valence-electron chi connectivity index (χ3n) is 6.25. The van der Waals surface area contributed by atoms with Gasteiger partial charge in [-0.05, 0) is 42.3 Å². The van der Waals surface area contributed by atoms with E-state index in [4.69, 9.17) is 16.3 Å². The standard InChI is InChI=1S/C29H25ClN2O4S/c1-2-3-7-16-36-21-13-10-18(11-14-21)25-24(26(33)19-8-5-4-6-9-19)27(34)28(35)32(25)29-31-22-15-12-20(30)17-23(22)37-29/h4-6,8-15,17,25,33H,2-3,7,16H2,1H3. The molecule has 0 saturated carbocycles. The Balaban J connectivity index is 1.59. The predicted octanol–water partition coefficient (Wildman–Crippen LogP) is 7.15. The van der Waals surface area contributed by atoms with E-state index in [9.17, 15) is 14.7 Å². The molecule has 5 rings (SSSR count). The topological polar surface area (TPSA) is 79.7 Å². The SMILES string of the molecule is CCCCCOc1ccc(C2C(=C(O)c3ccccc3)C(=O)C(=O)N2c2nc3ccc(Cl)cc3s2)cc1. The number of carbonyl (C=O) groups is 2. The molecule has 0 radical (unpaired) electrons. The van der Waals surface area contributed by atoms with Crippen LogP contribution in [0.1, 0.15) is 43.4 Å². The zero-order chi connectivity index (χ0) is 25.9. The molecule has 8 heteroatoms. The first-order valence-corrected chi connectivity index (χ1v) is 13.3. The monoisotopic (exact) mass is 532 g/mol. The largest absolute Gasteiger partial charge is 0.507 e. The van der Waals surface area contributed by atoms with Crippen molar-refractivity contribution < 1.29 is 19.4 Å². The quantitative estimate of drug-likeness (QED) is 0.113. The van der Waals surface area contributed by atoms with Gasteiger partial charge in [-0.1, -0.05) is 85.2 Å². The molecular weight excluding hydrogens is 508 g/mol. The summed E-state index contributed by atoms with van der Waals surface area (Å²) in [5.41, 5.74) is 1.81. The number of ketones is 1. The minimum atomic E-state index is -0.856. The summed E-state index contributed by atoms with van der Waals surface area (Å²) in [6.45, 7) is 2.76. The summed E-state index contributed by atoms with van der Waals surface area (Å²) in [7, 11) is 0. The molecule has 0 aliphatic carbocycles. The normalized spacial score (nSPS) is 17.0. The van der Waals surface area contributed by atoms with Gasteiger partial charge in [0, 0.05) is 10.6 Å². The maximum atomic E-state index is 13.4. The lowest BCUT2D eigenvalue weighted by atomic mass is 9.95. The Kier molecular flexibility index (Phi) is 7.26. The second-order valence-corrected chi connectivity index (χ2v) is 10.2. The number of anilines is 1. The Morgan fingerprint density at radius 1 is 1.05 bits per heavy atom. The molecule has 1 saturated heterocycles. The van der Waals surface area contributed by atoms with Crippen molar-refractivity contribution in [1.29, 1.82) is 0 Å². The van der Waals surface area contributed by atoms with Gasteiger partial charge in [-0.25, -0.2) is 4.98 Å². The number of aliphatic hydroxyl groups excluding tert-OH is 1. The van der Waals surface area contributed by atoms with Gasteiger partial charge in [0.05, 0.1) is 28.4 Å². The Morgan fingerprint density at radius 3 is 2.54 bits per heavy atom. The van der Waals surface area contributed by atoms with Crippen LogP contribution < -0.4 is 9.64 Å². The highest BCUT2D eigenvalue weighted by Crippen LogP contribution is 2.44. The Hall–Kier alpha value is -3.68. The molecule has 1 aromatic heterocycles. The van der Waals surface area contributed by atoms with Crippen molar-refractivity contribution >= 4 is 55.7 Å². The molecule has 1 aliphatic heterocycles. The van der Waals surface area contributed by atoms with Gasteiger partial charge in [0.1, 0.15) is 11.5 Å². The molecule has 1 aliphatic rings. The average molecular weight is 533 g/mol. The van der Waals surface area contributed by atoms with E-state index < -0.39 is 17.7 Å². The number of halogens is 1. The molecule has 3 aromatic carbocycles. The number of amides is 1. The molecule has 0 spiro atoms. The molecule has 4 aromatic rings.